The van der Waals surface area contributed by atoms with Crippen molar-refractivity contribution in [2.24, 2.45) is 5.41 Å². The first kappa shape index (κ1) is 12.9. The normalized spacial score (nSPS) is 21.4. The first-order valence-corrected chi connectivity index (χ1v) is 6.77. The van der Waals surface area contributed by atoms with E-state index in [4.69, 9.17) is 11.6 Å². The van der Waals surface area contributed by atoms with Gasteiger partial charge in [0.1, 0.15) is 0 Å². The summed E-state index contributed by atoms with van der Waals surface area (Å²) in [5, 5.41) is 4.60. The molecule has 0 bridgehead atoms. The van der Waals surface area contributed by atoms with Gasteiger partial charge in [-0.3, -0.25) is 0 Å². The summed E-state index contributed by atoms with van der Waals surface area (Å²) in [5.41, 5.74) is 3.18. The van der Waals surface area contributed by atoms with Gasteiger partial charge in [0, 0.05) is 17.1 Å². The molecule has 1 N–H and O–H groups in total. The number of hydrogen-bond acceptors (Lipinski definition) is 1. The Kier molecular flexibility index (Phi) is 3.51. The molecule has 17 heavy (non-hydrogen) atoms. The van der Waals surface area contributed by atoms with Crippen molar-refractivity contribution in [2.75, 3.05) is 0 Å². The lowest BCUT2D eigenvalue weighted by Crippen LogP contribution is -2.44. The quantitative estimate of drug-likeness (QED) is 0.843. The molecule has 1 aliphatic rings. The SMILES string of the molecule is CC(NC1Cc2ccc(Cl)cc2C1)C(C)(C)C. The van der Waals surface area contributed by atoms with Crippen LogP contribution in [-0.2, 0) is 12.8 Å². The van der Waals surface area contributed by atoms with Gasteiger partial charge in [-0.15, -0.1) is 0 Å². The third-order valence-electron chi connectivity index (χ3n) is 3.89. The monoisotopic (exact) mass is 251 g/mol. The average Bonchev–Trinajstić information content (AvgIpc) is 2.57. The molecule has 0 aliphatic heterocycles. The summed E-state index contributed by atoms with van der Waals surface area (Å²) in [6.45, 7) is 9.12. The Balaban J connectivity index is 2.01. The lowest BCUT2D eigenvalue weighted by Gasteiger charge is -2.31. The van der Waals surface area contributed by atoms with Crippen LogP contribution in [0.2, 0.25) is 5.02 Å². The zero-order valence-electron chi connectivity index (χ0n) is 11.2. The van der Waals surface area contributed by atoms with Gasteiger partial charge in [0.15, 0.2) is 0 Å². The largest absolute Gasteiger partial charge is 0.310 e. The fraction of sp³-hybridized carbons (Fsp3) is 0.600. The average molecular weight is 252 g/mol. The van der Waals surface area contributed by atoms with Gasteiger partial charge >= 0.3 is 0 Å². The van der Waals surface area contributed by atoms with Gasteiger partial charge < -0.3 is 5.32 Å². The minimum atomic E-state index is 0.312. The number of halogens is 1. The molecule has 1 aromatic rings. The fourth-order valence-corrected chi connectivity index (χ4v) is 2.50. The van der Waals surface area contributed by atoms with Crippen molar-refractivity contribution in [1.82, 2.24) is 5.32 Å². The van der Waals surface area contributed by atoms with E-state index in [2.05, 4.69) is 45.1 Å². The van der Waals surface area contributed by atoms with Crippen LogP contribution in [0.1, 0.15) is 38.8 Å². The van der Waals surface area contributed by atoms with Gasteiger partial charge in [-0.05, 0) is 48.4 Å². The molecule has 1 aromatic carbocycles. The molecule has 2 unspecified atom stereocenters. The number of rotatable bonds is 2. The van der Waals surface area contributed by atoms with Crippen LogP contribution in [0.4, 0.5) is 0 Å². The predicted octanol–water partition coefficient (Wildman–Crippen LogP) is 3.83. The van der Waals surface area contributed by atoms with Crippen molar-refractivity contribution >= 4 is 11.6 Å². The lowest BCUT2D eigenvalue weighted by molar-refractivity contribution is 0.264. The first-order valence-electron chi connectivity index (χ1n) is 6.39. The summed E-state index contributed by atoms with van der Waals surface area (Å²) in [7, 11) is 0. The van der Waals surface area contributed by atoms with E-state index in [0.717, 1.165) is 17.9 Å². The molecule has 0 aromatic heterocycles. The highest BCUT2D eigenvalue weighted by atomic mass is 35.5. The predicted molar refractivity (Wildman–Crippen MR) is 74.7 cm³/mol. The van der Waals surface area contributed by atoms with Gasteiger partial charge in [-0.25, -0.2) is 0 Å². The number of nitrogens with one attached hydrogen (secondary N) is 1. The molecule has 1 aliphatic carbocycles. The number of benzene rings is 1. The number of fused-ring (bicyclic) bond motifs is 1. The van der Waals surface area contributed by atoms with E-state index in [1.807, 2.05) is 6.07 Å². The maximum absolute atomic E-state index is 6.03. The minimum Gasteiger partial charge on any atom is -0.310 e. The standard InChI is InChI=1S/C15H22ClN/c1-10(15(2,3)4)17-14-8-11-5-6-13(16)7-12(11)9-14/h5-7,10,14,17H,8-9H2,1-4H3. The maximum Gasteiger partial charge on any atom is 0.0408 e. The zero-order valence-corrected chi connectivity index (χ0v) is 11.9. The smallest absolute Gasteiger partial charge is 0.0408 e. The molecule has 2 heteroatoms. The molecule has 0 saturated heterocycles. The van der Waals surface area contributed by atoms with E-state index in [1.54, 1.807) is 0 Å². The first-order chi connectivity index (χ1) is 7.86. The van der Waals surface area contributed by atoms with Crippen LogP contribution in [0.3, 0.4) is 0 Å². The van der Waals surface area contributed by atoms with E-state index >= 15 is 0 Å². The van der Waals surface area contributed by atoms with E-state index in [0.29, 0.717) is 17.5 Å². The molecule has 0 spiro atoms. The number of hydrogen-bond donors (Lipinski definition) is 1. The Hall–Kier alpha value is -0.530. The van der Waals surface area contributed by atoms with Gasteiger partial charge in [-0.2, -0.15) is 0 Å². The molecule has 2 rings (SSSR count). The summed E-state index contributed by atoms with van der Waals surface area (Å²) in [5.74, 6) is 0. The highest BCUT2D eigenvalue weighted by Gasteiger charge is 2.27. The Labute approximate surface area is 110 Å². The van der Waals surface area contributed by atoms with Crippen molar-refractivity contribution in [2.45, 2.75) is 52.6 Å². The van der Waals surface area contributed by atoms with Crippen LogP contribution in [0.15, 0.2) is 18.2 Å². The van der Waals surface area contributed by atoms with Crippen LogP contribution in [-0.4, -0.2) is 12.1 Å². The van der Waals surface area contributed by atoms with Crippen molar-refractivity contribution in [3.05, 3.63) is 34.3 Å². The summed E-state index contributed by atoms with van der Waals surface area (Å²) in [6.07, 6.45) is 2.24. The van der Waals surface area contributed by atoms with Crippen molar-refractivity contribution < 1.29 is 0 Å². The minimum absolute atomic E-state index is 0.312. The molecule has 0 saturated carbocycles. The molecule has 0 fully saturated rings. The van der Waals surface area contributed by atoms with Gasteiger partial charge in [0.05, 0.1) is 0 Å². The molecule has 2 atom stereocenters. The molecular weight excluding hydrogens is 230 g/mol. The third kappa shape index (κ3) is 3.02. The Morgan fingerprint density at radius 3 is 2.53 bits per heavy atom. The summed E-state index contributed by atoms with van der Waals surface area (Å²) < 4.78 is 0. The Bertz CT molecular complexity index is 406. The maximum atomic E-state index is 6.03. The van der Waals surface area contributed by atoms with Crippen LogP contribution in [0.25, 0.3) is 0 Å². The second-order valence-corrected chi connectivity index (χ2v) is 6.71. The third-order valence-corrected chi connectivity index (χ3v) is 4.12. The van der Waals surface area contributed by atoms with E-state index in [9.17, 15) is 0 Å². The van der Waals surface area contributed by atoms with Gasteiger partial charge in [0.25, 0.3) is 0 Å². The zero-order chi connectivity index (χ0) is 12.6. The second kappa shape index (κ2) is 4.62. The highest BCUT2D eigenvalue weighted by Crippen LogP contribution is 2.27. The summed E-state index contributed by atoms with van der Waals surface area (Å²) in [4.78, 5) is 0. The van der Waals surface area contributed by atoms with Crippen molar-refractivity contribution in [3.63, 3.8) is 0 Å². The molecule has 0 radical (unpaired) electrons. The second-order valence-electron chi connectivity index (χ2n) is 6.27. The molecule has 1 nitrogen and oxygen atoms in total. The van der Waals surface area contributed by atoms with E-state index in [-0.39, 0.29) is 0 Å². The Morgan fingerprint density at radius 2 is 1.88 bits per heavy atom. The Morgan fingerprint density at radius 1 is 1.24 bits per heavy atom. The lowest BCUT2D eigenvalue weighted by atomic mass is 9.87. The van der Waals surface area contributed by atoms with Crippen molar-refractivity contribution in [1.29, 1.82) is 0 Å². The fourth-order valence-electron chi connectivity index (χ4n) is 2.31. The molecule has 0 heterocycles. The van der Waals surface area contributed by atoms with E-state index < -0.39 is 0 Å². The topological polar surface area (TPSA) is 12.0 Å². The molecular formula is C15H22ClN. The van der Waals surface area contributed by atoms with Gasteiger partial charge in [-0.1, -0.05) is 38.4 Å². The molecule has 94 valence electrons. The van der Waals surface area contributed by atoms with E-state index in [1.165, 1.54) is 11.1 Å². The van der Waals surface area contributed by atoms with Crippen LogP contribution < -0.4 is 5.32 Å². The highest BCUT2D eigenvalue weighted by molar-refractivity contribution is 6.30. The van der Waals surface area contributed by atoms with Crippen LogP contribution >= 0.6 is 11.6 Å². The summed E-state index contributed by atoms with van der Waals surface area (Å²) in [6, 6.07) is 7.37. The van der Waals surface area contributed by atoms with Crippen LogP contribution in [0.5, 0.6) is 0 Å². The molecule has 0 amide bonds. The summed E-state index contributed by atoms with van der Waals surface area (Å²) >= 11 is 6.03. The van der Waals surface area contributed by atoms with Gasteiger partial charge in [0.2, 0.25) is 0 Å². The van der Waals surface area contributed by atoms with Crippen molar-refractivity contribution in [3.8, 4) is 0 Å². The van der Waals surface area contributed by atoms with Crippen LogP contribution in [0, 0.1) is 5.41 Å².